The highest BCUT2D eigenvalue weighted by molar-refractivity contribution is 5.80. The summed E-state index contributed by atoms with van der Waals surface area (Å²) in [4.78, 5) is 34.7. The van der Waals surface area contributed by atoms with E-state index in [9.17, 15) is 9.59 Å². The van der Waals surface area contributed by atoms with Crippen molar-refractivity contribution in [1.29, 1.82) is 0 Å². The molecule has 3 rings (SSSR count). The number of hydrogen-bond acceptors (Lipinski definition) is 4. The van der Waals surface area contributed by atoms with Crippen LogP contribution in [0.2, 0.25) is 0 Å². The first-order valence-corrected chi connectivity index (χ1v) is 9.33. The summed E-state index contributed by atoms with van der Waals surface area (Å²) in [6.45, 7) is 10.4. The van der Waals surface area contributed by atoms with Crippen molar-refractivity contribution in [1.82, 2.24) is 20.1 Å². The first kappa shape index (κ1) is 18.5. The van der Waals surface area contributed by atoms with E-state index < -0.39 is 0 Å². The zero-order valence-corrected chi connectivity index (χ0v) is 15.9. The number of piperazine rings is 1. The molecule has 0 spiro atoms. The van der Waals surface area contributed by atoms with Crippen LogP contribution in [0.15, 0.2) is 24.5 Å². The molecular weight excluding hydrogens is 330 g/mol. The van der Waals surface area contributed by atoms with E-state index in [0.717, 1.165) is 25.3 Å². The van der Waals surface area contributed by atoms with E-state index in [4.69, 9.17) is 0 Å². The fourth-order valence-electron chi connectivity index (χ4n) is 3.62. The molecule has 1 atom stereocenters. The second kappa shape index (κ2) is 7.51. The Hall–Kier alpha value is -2.31. The Morgan fingerprint density at radius 2 is 2.00 bits per heavy atom. The third-order valence-corrected chi connectivity index (χ3v) is 5.13. The third kappa shape index (κ3) is 4.26. The van der Waals surface area contributed by atoms with Gasteiger partial charge in [-0.2, -0.15) is 0 Å². The molecule has 1 unspecified atom stereocenters. The molecule has 142 valence electrons. The van der Waals surface area contributed by atoms with Crippen molar-refractivity contribution in [2.45, 2.75) is 32.7 Å². The third-order valence-electron chi connectivity index (χ3n) is 5.13. The lowest BCUT2D eigenvalue weighted by Gasteiger charge is -2.36. The lowest BCUT2D eigenvalue weighted by Crippen LogP contribution is -2.52. The van der Waals surface area contributed by atoms with Gasteiger partial charge in [0.15, 0.2) is 0 Å². The maximum absolute atomic E-state index is 12.4. The SMILES string of the molecule is CC(C)(C)N1CC(CNC(=O)N2CCN(c3cccnc3)CC2)CC1=O. The van der Waals surface area contributed by atoms with Crippen molar-refractivity contribution < 1.29 is 9.59 Å². The van der Waals surface area contributed by atoms with Crippen LogP contribution in [0.5, 0.6) is 0 Å². The predicted molar refractivity (Wildman–Crippen MR) is 101 cm³/mol. The van der Waals surface area contributed by atoms with Crippen LogP contribution in [0.1, 0.15) is 27.2 Å². The van der Waals surface area contributed by atoms with Crippen LogP contribution >= 0.6 is 0 Å². The highest BCUT2D eigenvalue weighted by atomic mass is 16.2. The van der Waals surface area contributed by atoms with Crippen LogP contribution in [-0.4, -0.2) is 71.5 Å². The Kier molecular flexibility index (Phi) is 5.34. The van der Waals surface area contributed by atoms with E-state index in [1.54, 1.807) is 6.20 Å². The monoisotopic (exact) mass is 359 g/mol. The molecule has 0 saturated carbocycles. The number of carbonyl (C=O) groups excluding carboxylic acids is 2. The number of aromatic nitrogens is 1. The highest BCUT2D eigenvalue weighted by Crippen LogP contribution is 2.25. The van der Waals surface area contributed by atoms with Gasteiger partial charge in [0.1, 0.15) is 0 Å². The molecule has 1 aromatic heterocycles. The minimum Gasteiger partial charge on any atom is -0.367 e. The van der Waals surface area contributed by atoms with E-state index in [1.165, 1.54) is 0 Å². The van der Waals surface area contributed by atoms with Gasteiger partial charge in [0, 0.05) is 63.3 Å². The van der Waals surface area contributed by atoms with Crippen molar-refractivity contribution in [2.24, 2.45) is 5.92 Å². The first-order valence-electron chi connectivity index (χ1n) is 9.33. The van der Waals surface area contributed by atoms with Gasteiger partial charge >= 0.3 is 6.03 Å². The topological polar surface area (TPSA) is 68.8 Å². The largest absolute Gasteiger partial charge is 0.367 e. The van der Waals surface area contributed by atoms with Crippen molar-refractivity contribution in [3.63, 3.8) is 0 Å². The number of urea groups is 1. The summed E-state index contributed by atoms with van der Waals surface area (Å²) < 4.78 is 0. The van der Waals surface area contributed by atoms with E-state index in [0.29, 0.717) is 26.1 Å². The lowest BCUT2D eigenvalue weighted by atomic mass is 10.1. The van der Waals surface area contributed by atoms with Crippen molar-refractivity contribution in [3.05, 3.63) is 24.5 Å². The van der Waals surface area contributed by atoms with Crippen LogP contribution in [0.4, 0.5) is 10.5 Å². The number of likely N-dealkylation sites (tertiary alicyclic amines) is 1. The molecule has 2 aliphatic rings. The van der Waals surface area contributed by atoms with Crippen LogP contribution in [0.3, 0.4) is 0 Å². The van der Waals surface area contributed by atoms with Gasteiger partial charge in [-0.25, -0.2) is 4.79 Å². The van der Waals surface area contributed by atoms with Gasteiger partial charge in [-0.3, -0.25) is 9.78 Å². The minimum atomic E-state index is -0.154. The second-order valence-electron chi connectivity index (χ2n) is 8.12. The fourth-order valence-corrected chi connectivity index (χ4v) is 3.62. The minimum absolute atomic E-state index is 0.0301. The maximum atomic E-state index is 12.4. The molecular formula is C19H29N5O2. The summed E-state index contributed by atoms with van der Waals surface area (Å²) in [6, 6.07) is 3.94. The van der Waals surface area contributed by atoms with Gasteiger partial charge in [0.05, 0.1) is 11.9 Å². The highest BCUT2D eigenvalue weighted by Gasteiger charge is 2.36. The Labute approximate surface area is 155 Å². The Bertz CT molecular complexity index is 635. The summed E-state index contributed by atoms with van der Waals surface area (Å²) in [7, 11) is 0. The molecule has 1 N–H and O–H groups in total. The van der Waals surface area contributed by atoms with E-state index in [2.05, 4.69) is 15.2 Å². The number of anilines is 1. The average Bonchev–Trinajstić information content (AvgIpc) is 3.02. The van der Waals surface area contributed by atoms with Gasteiger partial charge < -0.3 is 20.0 Å². The Morgan fingerprint density at radius 3 is 2.58 bits per heavy atom. The number of pyridine rings is 1. The van der Waals surface area contributed by atoms with Crippen molar-refractivity contribution >= 4 is 17.6 Å². The van der Waals surface area contributed by atoms with Crippen molar-refractivity contribution in [2.75, 3.05) is 44.2 Å². The molecule has 7 nitrogen and oxygen atoms in total. The van der Waals surface area contributed by atoms with Crippen molar-refractivity contribution in [3.8, 4) is 0 Å². The molecule has 26 heavy (non-hydrogen) atoms. The van der Waals surface area contributed by atoms with Gasteiger partial charge in [-0.05, 0) is 32.9 Å². The molecule has 2 saturated heterocycles. The van der Waals surface area contributed by atoms with Gasteiger partial charge in [-0.1, -0.05) is 0 Å². The summed E-state index contributed by atoms with van der Waals surface area (Å²) in [5, 5.41) is 3.02. The summed E-state index contributed by atoms with van der Waals surface area (Å²) in [5.74, 6) is 0.379. The molecule has 0 aliphatic carbocycles. The number of hydrogen-bond donors (Lipinski definition) is 1. The van der Waals surface area contributed by atoms with Crippen LogP contribution in [0.25, 0.3) is 0 Å². The van der Waals surface area contributed by atoms with Crippen LogP contribution < -0.4 is 10.2 Å². The molecule has 2 aliphatic heterocycles. The summed E-state index contributed by atoms with van der Waals surface area (Å²) in [6.07, 6.45) is 4.14. The first-order chi connectivity index (χ1) is 12.3. The predicted octanol–water partition coefficient (Wildman–Crippen LogP) is 1.56. The van der Waals surface area contributed by atoms with E-state index in [1.807, 2.05) is 48.9 Å². The van der Waals surface area contributed by atoms with Crippen LogP contribution in [-0.2, 0) is 4.79 Å². The van der Waals surface area contributed by atoms with Gasteiger partial charge in [-0.15, -0.1) is 0 Å². The number of rotatable bonds is 3. The van der Waals surface area contributed by atoms with Gasteiger partial charge in [0.25, 0.3) is 0 Å². The second-order valence-corrected chi connectivity index (χ2v) is 8.12. The quantitative estimate of drug-likeness (QED) is 0.889. The maximum Gasteiger partial charge on any atom is 0.317 e. The molecule has 2 fully saturated rings. The summed E-state index contributed by atoms with van der Waals surface area (Å²) in [5.41, 5.74) is 0.942. The molecule has 0 radical (unpaired) electrons. The average molecular weight is 359 g/mol. The number of nitrogens with one attached hydrogen (secondary N) is 1. The Morgan fingerprint density at radius 1 is 1.27 bits per heavy atom. The fraction of sp³-hybridized carbons (Fsp3) is 0.632. The molecule has 3 heterocycles. The normalized spacial score (nSPS) is 21.3. The van der Waals surface area contributed by atoms with E-state index >= 15 is 0 Å². The number of carbonyl (C=O) groups is 2. The molecule has 0 bridgehead atoms. The van der Waals surface area contributed by atoms with E-state index in [-0.39, 0.29) is 23.4 Å². The molecule has 7 heteroatoms. The molecule has 0 aromatic carbocycles. The van der Waals surface area contributed by atoms with Gasteiger partial charge in [0.2, 0.25) is 5.91 Å². The number of nitrogens with zero attached hydrogens (tertiary/aromatic N) is 4. The standard InChI is InChI=1S/C19H29N5O2/c1-19(2,3)24-14-15(11-17(24)25)12-21-18(26)23-9-7-22(8-10-23)16-5-4-6-20-13-16/h4-6,13,15H,7-12,14H2,1-3H3,(H,21,26). The zero-order chi connectivity index (χ0) is 18.7. The van der Waals surface area contributed by atoms with Crippen LogP contribution in [0, 0.1) is 5.92 Å². The zero-order valence-electron chi connectivity index (χ0n) is 15.9. The summed E-state index contributed by atoms with van der Waals surface area (Å²) >= 11 is 0. The smallest absolute Gasteiger partial charge is 0.317 e. The molecule has 1 aromatic rings. The molecule has 3 amide bonds. The number of amides is 3. The lowest BCUT2D eigenvalue weighted by molar-refractivity contribution is -0.131. The Balaban J connectivity index is 1.43.